The lowest BCUT2D eigenvalue weighted by Crippen LogP contribution is -2.39. The summed E-state index contributed by atoms with van der Waals surface area (Å²) < 4.78 is 0. The summed E-state index contributed by atoms with van der Waals surface area (Å²) in [6.45, 7) is 4.23. The first-order valence-electron chi connectivity index (χ1n) is 10.2. The van der Waals surface area contributed by atoms with Gasteiger partial charge in [0.2, 0.25) is 0 Å². The van der Waals surface area contributed by atoms with Gasteiger partial charge in [-0.25, -0.2) is 0 Å². The van der Waals surface area contributed by atoms with Crippen molar-refractivity contribution < 1.29 is 9.59 Å². The van der Waals surface area contributed by atoms with Gasteiger partial charge in [-0.1, -0.05) is 43.7 Å². The second-order valence-corrected chi connectivity index (χ2v) is 7.46. The highest BCUT2D eigenvalue weighted by Gasteiger charge is 2.24. The standard InChI is InChI=1S/C23H29N3O2/c1-2-3-12-25-22(27)21-17-20(9-13-24-21)23(28)26-14-10-19(11-15-26)16-18-7-5-4-6-8-18/h4-9,13,17,19H,2-3,10-12,14-16H2,1H3,(H,25,27). The zero-order valence-corrected chi connectivity index (χ0v) is 16.6. The van der Waals surface area contributed by atoms with Crippen LogP contribution in [0.5, 0.6) is 0 Å². The van der Waals surface area contributed by atoms with E-state index in [0.29, 0.717) is 23.7 Å². The van der Waals surface area contributed by atoms with Crippen molar-refractivity contribution in [1.29, 1.82) is 0 Å². The molecule has 0 aliphatic carbocycles. The number of likely N-dealkylation sites (tertiary alicyclic amines) is 1. The Morgan fingerprint density at radius 1 is 1.14 bits per heavy atom. The number of carbonyl (C=O) groups excluding carboxylic acids is 2. The van der Waals surface area contributed by atoms with Gasteiger partial charge in [-0.15, -0.1) is 0 Å². The van der Waals surface area contributed by atoms with Crippen molar-refractivity contribution in [2.24, 2.45) is 5.92 Å². The third-order valence-electron chi connectivity index (χ3n) is 5.32. The maximum absolute atomic E-state index is 12.9. The first kappa shape index (κ1) is 20.1. The highest BCUT2D eigenvalue weighted by molar-refractivity contribution is 5.98. The van der Waals surface area contributed by atoms with E-state index in [1.54, 1.807) is 18.3 Å². The molecule has 1 aromatic carbocycles. The van der Waals surface area contributed by atoms with Gasteiger partial charge in [0.05, 0.1) is 0 Å². The van der Waals surface area contributed by atoms with Crippen LogP contribution in [-0.2, 0) is 6.42 Å². The van der Waals surface area contributed by atoms with Crippen LogP contribution in [0.2, 0.25) is 0 Å². The van der Waals surface area contributed by atoms with Crippen LogP contribution in [0.25, 0.3) is 0 Å². The molecule has 0 unspecified atom stereocenters. The maximum atomic E-state index is 12.9. The van der Waals surface area contributed by atoms with Crippen molar-refractivity contribution >= 4 is 11.8 Å². The van der Waals surface area contributed by atoms with E-state index in [9.17, 15) is 9.59 Å². The lowest BCUT2D eigenvalue weighted by Gasteiger charge is -2.32. The first-order valence-corrected chi connectivity index (χ1v) is 10.2. The van der Waals surface area contributed by atoms with Crippen LogP contribution in [0.4, 0.5) is 0 Å². The quantitative estimate of drug-likeness (QED) is 0.746. The molecule has 1 aliphatic heterocycles. The Morgan fingerprint density at radius 3 is 2.61 bits per heavy atom. The molecule has 0 spiro atoms. The molecule has 0 atom stereocenters. The molecular formula is C23H29N3O2. The van der Waals surface area contributed by atoms with E-state index < -0.39 is 0 Å². The van der Waals surface area contributed by atoms with Crippen LogP contribution in [0.3, 0.4) is 0 Å². The molecule has 2 amide bonds. The van der Waals surface area contributed by atoms with Gasteiger partial charge in [0.25, 0.3) is 11.8 Å². The molecular weight excluding hydrogens is 350 g/mol. The number of nitrogens with zero attached hydrogens (tertiary/aromatic N) is 2. The van der Waals surface area contributed by atoms with Gasteiger partial charge >= 0.3 is 0 Å². The smallest absolute Gasteiger partial charge is 0.269 e. The number of pyridine rings is 1. The van der Waals surface area contributed by atoms with Crippen LogP contribution < -0.4 is 5.32 Å². The fourth-order valence-corrected chi connectivity index (χ4v) is 3.63. The van der Waals surface area contributed by atoms with Crippen LogP contribution in [0, 0.1) is 5.92 Å². The van der Waals surface area contributed by atoms with E-state index in [1.165, 1.54) is 5.56 Å². The monoisotopic (exact) mass is 379 g/mol. The third-order valence-corrected chi connectivity index (χ3v) is 5.32. The van der Waals surface area contributed by atoms with E-state index >= 15 is 0 Å². The zero-order valence-electron chi connectivity index (χ0n) is 16.6. The minimum Gasteiger partial charge on any atom is -0.351 e. The predicted octanol–water partition coefficient (Wildman–Crippen LogP) is 3.71. The molecule has 5 nitrogen and oxygen atoms in total. The average Bonchev–Trinajstić information content (AvgIpc) is 2.75. The molecule has 3 rings (SSSR count). The van der Waals surface area contributed by atoms with Gasteiger partial charge in [-0.2, -0.15) is 0 Å². The SMILES string of the molecule is CCCCNC(=O)c1cc(C(=O)N2CCC(Cc3ccccc3)CC2)ccn1. The van der Waals surface area contributed by atoms with Crippen LogP contribution in [-0.4, -0.2) is 41.3 Å². The largest absolute Gasteiger partial charge is 0.351 e. The highest BCUT2D eigenvalue weighted by atomic mass is 16.2. The molecule has 1 saturated heterocycles. The van der Waals surface area contributed by atoms with E-state index in [2.05, 4.69) is 41.5 Å². The van der Waals surface area contributed by atoms with Gasteiger partial charge in [-0.3, -0.25) is 14.6 Å². The van der Waals surface area contributed by atoms with Crippen LogP contribution in [0.15, 0.2) is 48.7 Å². The number of benzene rings is 1. The molecule has 2 aromatic rings. The van der Waals surface area contributed by atoms with Crippen molar-refractivity contribution in [3.8, 4) is 0 Å². The van der Waals surface area contributed by atoms with E-state index in [-0.39, 0.29) is 11.8 Å². The number of piperidine rings is 1. The molecule has 0 saturated carbocycles. The molecule has 1 N–H and O–H groups in total. The van der Waals surface area contributed by atoms with Crippen molar-refractivity contribution in [3.05, 3.63) is 65.5 Å². The van der Waals surface area contributed by atoms with Gasteiger partial charge in [0.1, 0.15) is 5.69 Å². The number of carbonyl (C=O) groups is 2. The molecule has 2 heterocycles. The second-order valence-electron chi connectivity index (χ2n) is 7.46. The summed E-state index contributed by atoms with van der Waals surface area (Å²) in [5, 5.41) is 2.85. The van der Waals surface area contributed by atoms with Crippen LogP contribution in [0.1, 0.15) is 59.0 Å². The van der Waals surface area contributed by atoms with E-state index in [0.717, 1.165) is 45.2 Å². The molecule has 5 heteroatoms. The number of aromatic nitrogens is 1. The minimum absolute atomic E-state index is 0.0110. The van der Waals surface area contributed by atoms with Gasteiger partial charge in [0, 0.05) is 31.4 Å². The molecule has 1 aliphatic rings. The average molecular weight is 380 g/mol. The summed E-state index contributed by atoms with van der Waals surface area (Å²) >= 11 is 0. The molecule has 1 aromatic heterocycles. The second kappa shape index (κ2) is 10.0. The Labute approximate surface area is 167 Å². The fourth-order valence-electron chi connectivity index (χ4n) is 3.63. The number of nitrogens with one attached hydrogen (secondary N) is 1. The Hall–Kier alpha value is -2.69. The first-order chi connectivity index (χ1) is 13.7. The van der Waals surface area contributed by atoms with Crippen molar-refractivity contribution in [2.45, 2.75) is 39.0 Å². The number of rotatable bonds is 7. The van der Waals surface area contributed by atoms with Gasteiger partial charge in [0.15, 0.2) is 0 Å². The Kier molecular flexibility index (Phi) is 7.18. The number of amides is 2. The van der Waals surface area contributed by atoms with E-state index in [1.807, 2.05) is 11.0 Å². The maximum Gasteiger partial charge on any atom is 0.269 e. The Balaban J connectivity index is 1.55. The highest BCUT2D eigenvalue weighted by Crippen LogP contribution is 2.23. The normalized spacial score (nSPS) is 14.7. The van der Waals surface area contributed by atoms with Crippen LogP contribution >= 0.6 is 0 Å². The van der Waals surface area contributed by atoms with Crippen molar-refractivity contribution in [3.63, 3.8) is 0 Å². The fraction of sp³-hybridized carbons (Fsp3) is 0.435. The topological polar surface area (TPSA) is 62.3 Å². The zero-order chi connectivity index (χ0) is 19.8. The molecule has 1 fully saturated rings. The lowest BCUT2D eigenvalue weighted by molar-refractivity contribution is 0.0690. The Morgan fingerprint density at radius 2 is 1.89 bits per heavy atom. The molecule has 28 heavy (non-hydrogen) atoms. The Bertz CT molecular complexity index is 783. The van der Waals surface area contributed by atoms with Crippen molar-refractivity contribution in [1.82, 2.24) is 15.2 Å². The third kappa shape index (κ3) is 5.41. The lowest BCUT2D eigenvalue weighted by atomic mass is 9.90. The predicted molar refractivity (Wildman–Crippen MR) is 110 cm³/mol. The summed E-state index contributed by atoms with van der Waals surface area (Å²) in [4.78, 5) is 31.1. The summed E-state index contributed by atoms with van der Waals surface area (Å²) in [7, 11) is 0. The summed E-state index contributed by atoms with van der Waals surface area (Å²) in [6.07, 6.45) is 6.59. The summed E-state index contributed by atoms with van der Waals surface area (Å²) in [5.74, 6) is 0.386. The van der Waals surface area contributed by atoms with Gasteiger partial charge < -0.3 is 10.2 Å². The molecule has 0 radical (unpaired) electrons. The van der Waals surface area contributed by atoms with Gasteiger partial charge in [-0.05, 0) is 49.3 Å². The minimum atomic E-state index is -0.218. The summed E-state index contributed by atoms with van der Waals surface area (Å²) in [5.41, 5.74) is 2.21. The number of hydrogen-bond acceptors (Lipinski definition) is 3. The number of hydrogen-bond donors (Lipinski definition) is 1. The summed E-state index contributed by atoms with van der Waals surface area (Å²) in [6, 6.07) is 13.8. The molecule has 148 valence electrons. The van der Waals surface area contributed by atoms with E-state index in [4.69, 9.17) is 0 Å². The molecule has 0 bridgehead atoms. The number of unbranched alkanes of at least 4 members (excludes halogenated alkanes) is 1. The van der Waals surface area contributed by atoms with Crippen molar-refractivity contribution in [2.75, 3.05) is 19.6 Å².